The molecule has 10 heteroatoms. The van der Waals surface area contributed by atoms with Crippen LogP contribution in [0.1, 0.15) is 5.56 Å². The molecule has 2 aromatic carbocycles. The highest BCUT2D eigenvalue weighted by molar-refractivity contribution is 5.91. The number of nitrogens with zero attached hydrogens (tertiary/aromatic N) is 3. The lowest BCUT2D eigenvalue weighted by molar-refractivity contribution is -0.137. The van der Waals surface area contributed by atoms with E-state index < -0.39 is 35.6 Å². The third kappa shape index (κ3) is 4.78. The normalized spacial score (nSPS) is 11.2. The van der Waals surface area contributed by atoms with Crippen LogP contribution in [0.25, 0.3) is 11.3 Å². The van der Waals surface area contributed by atoms with E-state index in [9.17, 15) is 22.8 Å². The number of anilines is 1. The van der Waals surface area contributed by atoms with Gasteiger partial charge in [0, 0.05) is 5.56 Å². The first-order valence-corrected chi connectivity index (χ1v) is 8.32. The summed E-state index contributed by atoms with van der Waals surface area (Å²) in [6.07, 6.45) is -3.33. The molecule has 150 valence electrons. The molecule has 0 saturated heterocycles. The van der Waals surface area contributed by atoms with Crippen molar-refractivity contribution in [1.82, 2.24) is 14.8 Å². The summed E-state index contributed by atoms with van der Waals surface area (Å²) >= 11 is 0. The van der Waals surface area contributed by atoms with Crippen molar-refractivity contribution in [2.75, 3.05) is 12.4 Å². The molecule has 0 fully saturated rings. The Labute approximate surface area is 162 Å². The Morgan fingerprint density at radius 1 is 1.14 bits per heavy atom. The van der Waals surface area contributed by atoms with Gasteiger partial charge in [-0.15, -0.1) is 0 Å². The highest BCUT2D eigenvalue weighted by atomic mass is 19.4. The molecule has 1 amide bonds. The van der Waals surface area contributed by atoms with Gasteiger partial charge in [-0.2, -0.15) is 23.3 Å². The number of halogens is 3. The molecular formula is C19H15F3N4O3. The van der Waals surface area contributed by atoms with E-state index in [1.54, 1.807) is 24.3 Å². The second-order valence-corrected chi connectivity index (χ2v) is 5.90. The van der Waals surface area contributed by atoms with Gasteiger partial charge in [0.1, 0.15) is 12.3 Å². The highest BCUT2D eigenvalue weighted by Crippen LogP contribution is 2.34. The zero-order chi connectivity index (χ0) is 21.0. The van der Waals surface area contributed by atoms with Crippen LogP contribution in [0.4, 0.5) is 18.9 Å². The Balaban J connectivity index is 1.76. The Kier molecular flexibility index (Phi) is 5.62. The molecule has 0 unspecified atom stereocenters. The molecule has 0 bridgehead atoms. The van der Waals surface area contributed by atoms with Gasteiger partial charge in [-0.25, -0.2) is 9.48 Å². The molecule has 0 spiro atoms. The Morgan fingerprint density at radius 2 is 1.83 bits per heavy atom. The minimum atomic E-state index is -4.62. The molecule has 7 nitrogen and oxygen atoms in total. The smallest absolute Gasteiger partial charge is 0.418 e. The molecule has 0 aliphatic heterocycles. The van der Waals surface area contributed by atoms with Crippen LogP contribution in [0.2, 0.25) is 0 Å². The summed E-state index contributed by atoms with van der Waals surface area (Å²) in [6.45, 7) is -0.582. The molecule has 29 heavy (non-hydrogen) atoms. The predicted molar refractivity (Wildman–Crippen MR) is 98.4 cm³/mol. The number of ether oxygens (including phenoxy) is 1. The maximum Gasteiger partial charge on any atom is 0.418 e. The number of methoxy groups -OCH3 is 1. The lowest BCUT2D eigenvalue weighted by Crippen LogP contribution is -2.31. The van der Waals surface area contributed by atoms with Gasteiger partial charge in [0.15, 0.2) is 0 Å². The third-order valence-electron chi connectivity index (χ3n) is 3.94. The molecular weight excluding hydrogens is 389 g/mol. The number of carbonyl (C=O) groups excluding carboxylic acids is 1. The van der Waals surface area contributed by atoms with Crippen LogP contribution in [0.5, 0.6) is 5.75 Å². The average Bonchev–Trinajstić information content (AvgIpc) is 2.69. The Hall–Kier alpha value is -3.69. The van der Waals surface area contributed by atoms with Gasteiger partial charge in [0.05, 0.1) is 30.3 Å². The average molecular weight is 404 g/mol. The third-order valence-corrected chi connectivity index (χ3v) is 3.94. The van der Waals surface area contributed by atoms with E-state index in [1.165, 1.54) is 25.4 Å². The van der Waals surface area contributed by atoms with Crippen molar-refractivity contribution in [1.29, 1.82) is 0 Å². The van der Waals surface area contributed by atoms with Crippen molar-refractivity contribution in [2.45, 2.75) is 12.7 Å². The lowest BCUT2D eigenvalue weighted by atomic mass is 10.1. The zero-order valence-corrected chi connectivity index (χ0v) is 15.1. The summed E-state index contributed by atoms with van der Waals surface area (Å²) in [6, 6.07) is 11.3. The molecule has 0 saturated carbocycles. The Bertz CT molecular complexity index is 1080. The first-order valence-electron chi connectivity index (χ1n) is 8.32. The maximum absolute atomic E-state index is 13.0. The fourth-order valence-electron chi connectivity index (χ4n) is 2.54. The van der Waals surface area contributed by atoms with Gasteiger partial charge < -0.3 is 10.1 Å². The van der Waals surface area contributed by atoms with E-state index in [-0.39, 0.29) is 5.69 Å². The van der Waals surface area contributed by atoms with Crippen molar-refractivity contribution in [3.05, 3.63) is 70.8 Å². The number of rotatable bonds is 5. The quantitative estimate of drug-likeness (QED) is 0.707. The number of benzene rings is 2. The second kappa shape index (κ2) is 8.13. The van der Waals surface area contributed by atoms with Crippen LogP contribution in [0.3, 0.4) is 0 Å². The molecule has 1 aromatic heterocycles. The highest BCUT2D eigenvalue weighted by Gasteiger charge is 2.33. The van der Waals surface area contributed by atoms with E-state index in [0.717, 1.165) is 16.8 Å². The summed E-state index contributed by atoms with van der Waals surface area (Å²) < 4.78 is 44.8. The van der Waals surface area contributed by atoms with Gasteiger partial charge in [-0.3, -0.25) is 4.79 Å². The first-order chi connectivity index (χ1) is 13.8. The number of alkyl halides is 3. The predicted octanol–water partition coefficient (Wildman–Crippen LogP) is 2.97. The molecule has 1 heterocycles. The van der Waals surface area contributed by atoms with Crippen LogP contribution in [-0.2, 0) is 17.5 Å². The maximum atomic E-state index is 13.0. The SMILES string of the molecule is COc1ccc(-c2cnn(CC(=O)Nc3ccccc3C(F)(F)F)c(=O)n2)cc1. The number of para-hydroxylation sites is 1. The molecule has 3 rings (SSSR count). The second-order valence-electron chi connectivity index (χ2n) is 5.90. The Morgan fingerprint density at radius 3 is 2.45 bits per heavy atom. The number of amides is 1. The largest absolute Gasteiger partial charge is 0.497 e. The zero-order valence-electron chi connectivity index (χ0n) is 15.1. The molecule has 0 atom stereocenters. The topological polar surface area (TPSA) is 86.1 Å². The van der Waals surface area contributed by atoms with Crippen LogP contribution in [0, 0.1) is 0 Å². The number of hydrogen-bond acceptors (Lipinski definition) is 5. The summed E-state index contributed by atoms with van der Waals surface area (Å²) in [7, 11) is 1.52. The van der Waals surface area contributed by atoms with E-state index in [1.807, 2.05) is 0 Å². The van der Waals surface area contributed by atoms with E-state index in [4.69, 9.17) is 4.74 Å². The van der Waals surface area contributed by atoms with Crippen molar-refractivity contribution < 1.29 is 22.7 Å². The van der Waals surface area contributed by atoms with Gasteiger partial charge in [-0.05, 0) is 36.4 Å². The molecule has 1 N–H and O–H groups in total. The molecule has 3 aromatic rings. The fraction of sp³-hybridized carbons (Fsp3) is 0.158. The van der Waals surface area contributed by atoms with Crippen molar-refractivity contribution >= 4 is 11.6 Å². The van der Waals surface area contributed by atoms with Gasteiger partial charge in [0.2, 0.25) is 5.91 Å². The first kappa shape index (κ1) is 20.1. The molecule has 0 radical (unpaired) electrons. The number of carbonyl (C=O) groups is 1. The van der Waals surface area contributed by atoms with Crippen molar-refractivity contribution in [2.24, 2.45) is 0 Å². The molecule has 0 aliphatic carbocycles. The van der Waals surface area contributed by atoms with E-state index >= 15 is 0 Å². The van der Waals surface area contributed by atoms with Crippen molar-refractivity contribution in [3.8, 4) is 17.0 Å². The van der Waals surface area contributed by atoms with Crippen LogP contribution >= 0.6 is 0 Å². The fourth-order valence-corrected chi connectivity index (χ4v) is 2.54. The summed E-state index contributed by atoms with van der Waals surface area (Å²) in [5, 5.41) is 6.03. The lowest BCUT2D eigenvalue weighted by Gasteiger charge is -2.13. The van der Waals surface area contributed by atoms with Gasteiger partial charge in [0.25, 0.3) is 0 Å². The minimum Gasteiger partial charge on any atom is -0.497 e. The van der Waals surface area contributed by atoms with Crippen LogP contribution in [0.15, 0.2) is 59.5 Å². The van der Waals surface area contributed by atoms with Gasteiger partial charge in [-0.1, -0.05) is 12.1 Å². The summed E-state index contributed by atoms with van der Waals surface area (Å²) in [4.78, 5) is 28.1. The van der Waals surface area contributed by atoms with Crippen LogP contribution < -0.4 is 15.7 Å². The van der Waals surface area contributed by atoms with Crippen LogP contribution in [-0.4, -0.2) is 27.8 Å². The summed E-state index contributed by atoms with van der Waals surface area (Å²) in [5.74, 6) is -0.207. The van der Waals surface area contributed by atoms with E-state index in [2.05, 4.69) is 15.4 Å². The standard InChI is InChI=1S/C19H15F3N4O3/c1-29-13-8-6-12(7-9-13)16-10-23-26(18(28)25-16)11-17(27)24-15-5-3-2-4-14(15)19(20,21)22/h2-10H,11H2,1H3,(H,24,27). The number of nitrogens with one attached hydrogen (secondary N) is 1. The number of aromatic nitrogens is 3. The summed E-state index contributed by atoms with van der Waals surface area (Å²) in [5.41, 5.74) is -1.29. The number of hydrogen-bond donors (Lipinski definition) is 1. The minimum absolute atomic E-state index is 0.289. The van der Waals surface area contributed by atoms with Crippen molar-refractivity contribution in [3.63, 3.8) is 0 Å². The van der Waals surface area contributed by atoms with Gasteiger partial charge >= 0.3 is 11.9 Å². The molecule has 0 aliphatic rings. The van der Waals surface area contributed by atoms with E-state index in [0.29, 0.717) is 11.3 Å². The monoisotopic (exact) mass is 404 g/mol.